The minimum absolute atomic E-state index is 0.0819. The molecule has 0 saturated carbocycles. The number of nitrogens with one attached hydrogen (secondary N) is 1. The molecule has 0 aliphatic rings. The monoisotopic (exact) mass is 231 g/mol. The first-order valence-corrected chi connectivity index (χ1v) is 5.99. The summed E-state index contributed by atoms with van der Waals surface area (Å²) in [5.74, 6) is -1.20. The van der Waals surface area contributed by atoms with Crippen molar-refractivity contribution in [2.75, 3.05) is 13.2 Å². The Hall–Kier alpha value is -0.610. The van der Waals surface area contributed by atoms with Crippen molar-refractivity contribution in [3.63, 3.8) is 0 Å². The minimum atomic E-state index is -0.789. The zero-order valence-corrected chi connectivity index (χ0v) is 10.8. The van der Waals surface area contributed by atoms with Crippen LogP contribution in [0.25, 0.3) is 0 Å². The highest BCUT2D eigenvalue weighted by molar-refractivity contribution is 5.70. The molecule has 2 unspecified atom stereocenters. The summed E-state index contributed by atoms with van der Waals surface area (Å²) in [5.41, 5.74) is -0.119. The van der Waals surface area contributed by atoms with E-state index in [-0.39, 0.29) is 18.1 Å². The summed E-state index contributed by atoms with van der Waals surface area (Å²) < 4.78 is 0. The number of carboxylic acids is 1. The molecule has 0 aromatic rings. The van der Waals surface area contributed by atoms with Crippen molar-refractivity contribution < 1.29 is 15.0 Å². The van der Waals surface area contributed by atoms with Crippen LogP contribution in [-0.2, 0) is 4.79 Å². The average molecular weight is 231 g/mol. The van der Waals surface area contributed by atoms with Crippen LogP contribution in [0.5, 0.6) is 0 Å². The minimum Gasteiger partial charge on any atom is -0.481 e. The van der Waals surface area contributed by atoms with Crippen molar-refractivity contribution in [2.45, 2.75) is 46.6 Å². The highest BCUT2D eigenvalue weighted by atomic mass is 16.4. The maximum atomic E-state index is 10.8. The van der Waals surface area contributed by atoms with Crippen LogP contribution in [0, 0.1) is 11.3 Å². The maximum Gasteiger partial charge on any atom is 0.307 e. The molecule has 16 heavy (non-hydrogen) atoms. The van der Waals surface area contributed by atoms with Crippen molar-refractivity contribution in [3.05, 3.63) is 0 Å². The predicted octanol–water partition coefficient (Wildman–Crippen LogP) is 1.48. The smallest absolute Gasteiger partial charge is 0.307 e. The highest BCUT2D eigenvalue weighted by Gasteiger charge is 2.27. The van der Waals surface area contributed by atoms with Gasteiger partial charge in [-0.1, -0.05) is 20.8 Å². The second-order valence-corrected chi connectivity index (χ2v) is 4.66. The van der Waals surface area contributed by atoms with Gasteiger partial charge in [0.25, 0.3) is 0 Å². The normalized spacial score (nSPS) is 15.8. The largest absolute Gasteiger partial charge is 0.481 e. The molecule has 0 rings (SSSR count). The molecule has 0 aromatic heterocycles. The molecular weight excluding hydrogens is 206 g/mol. The molecule has 2 atom stereocenters. The molecule has 3 N–H and O–H groups in total. The van der Waals surface area contributed by atoms with E-state index in [1.165, 1.54) is 0 Å². The van der Waals surface area contributed by atoms with Crippen molar-refractivity contribution in [2.24, 2.45) is 11.3 Å². The molecule has 0 aliphatic carbocycles. The van der Waals surface area contributed by atoms with Crippen LogP contribution in [0.3, 0.4) is 0 Å². The predicted molar refractivity (Wildman–Crippen MR) is 64.4 cm³/mol. The molecule has 0 bridgehead atoms. The first-order chi connectivity index (χ1) is 7.42. The number of carboxylic acid groups (broad SMARTS) is 1. The Balaban J connectivity index is 4.26. The third kappa shape index (κ3) is 4.10. The Bertz CT molecular complexity index is 206. The molecule has 0 radical (unpaired) electrons. The standard InChI is InChI=1S/C12H25NO3/c1-5-12(6-2,8-14)7-13-10(4)9(3)11(15)16/h9-10,13-14H,5-8H2,1-4H3,(H,15,16). The summed E-state index contributed by atoms with van der Waals surface area (Å²) in [6.07, 6.45) is 1.78. The lowest BCUT2D eigenvalue weighted by Gasteiger charge is -2.32. The lowest BCUT2D eigenvalue weighted by Crippen LogP contribution is -2.44. The van der Waals surface area contributed by atoms with Crippen LogP contribution in [0.1, 0.15) is 40.5 Å². The second-order valence-electron chi connectivity index (χ2n) is 4.66. The van der Waals surface area contributed by atoms with Crippen molar-refractivity contribution in [1.82, 2.24) is 5.32 Å². The molecule has 0 aliphatic heterocycles. The van der Waals surface area contributed by atoms with Gasteiger partial charge >= 0.3 is 5.97 Å². The fourth-order valence-electron chi connectivity index (χ4n) is 1.55. The molecule has 4 heteroatoms. The van der Waals surface area contributed by atoms with Gasteiger partial charge in [0.05, 0.1) is 5.92 Å². The van der Waals surface area contributed by atoms with Gasteiger partial charge in [-0.05, 0) is 19.8 Å². The molecule has 0 heterocycles. The van der Waals surface area contributed by atoms with Gasteiger partial charge in [-0.2, -0.15) is 0 Å². The summed E-state index contributed by atoms with van der Waals surface area (Å²) in [7, 11) is 0. The van der Waals surface area contributed by atoms with E-state index < -0.39 is 11.9 Å². The van der Waals surface area contributed by atoms with E-state index >= 15 is 0 Å². The lowest BCUT2D eigenvalue weighted by atomic mass is 9.83. The van der Waals surface area contributed by atoms with Gasteiger partial charge in [-0.15, -0.1) is 0 Å². The molecule has 4 nitrogen and oxygen atoms in total. The second kappa shape index (κ2) is 6.86. The molecule has 0 amide bonds. The number of aliphatic carboxylic acids is 1. The zero-order valence-electron chi connectivity index (χ0n) is 10.8. The van der Waals surface area contributed by atoms with Crippen LogP contribution in [0.2, 0.25) is 0 Å². The van der Waals surface area contributed by atoms with Gasteiger partial charge in [-0.3, -0.25) is 4.79 Å². The Morgan fingerprint density at radius 1 is 1.31 bits per heavy atom. The van der Waals surface area contributed by atoms with E-state index in [4.69, 9.17) is 5.11 Å². The van der Waals surface area contributed by atoms with Gasteiger partial charge in [0.2, 0.25) is 0 Å². The van der Waals surface area contributed by atoms with E-state index in [2.05, 4.69) is 5.32 Å². The third-order valence-electron chi connectivity index (χ3n) is 3.77. The Morgan fingerprint density at radius 3 is 2.12 bits per heavy atom. The molecule has 0 saturated heterocycles. The zero-order chi connectivity index (χ0) is 12.8. The van der Waals surface area contributed by atoms with Gasteiger partial charge < -0.3 is 15.5 Å². The van der Waals surface area contributed by atoms with Crippen LogP contribution in [0.4, 0.5) is 0 Å². The molecule has 96 valence electrons. The average Bonchev–Trinajstić information content (AvgIpc) is 2.30. The number of aliphatic hydroxyl groups excluding tert-OH is 1. The first kappa shape index (κ1) is 15.4. The Morgan fingerprint density at radius 2 is 1.81 bits per heavy atom. The van der Waals surface area contributed by atoms with Gasteiger partial charge in [0.1, 0.15) is 0 Å². The van der Waals surface area contributed by atoms with E-state index in [0.717, 1.165) is 12.8 Å². The van der Waals surface area contributed by atoms with E-state index in [9.17, 15) is 9.90 Å². The summed E-state index contributed by atoms with van der Waals surface area (Å²) in [4.78, 5) is 10.8. The SMILES string of the molecule is CCC(CC)(CO)CNC(C)C(C)C(=O)O. The Kier molecular flexibility index (Phi) is 6.60. The first-order valence-electron chi connectivity index (χ1n) is 5.99. The van der Waals surface area contributed by atoms with Gasteiger partial charge in [0, 0.05) is 24.6 Å². The number of aliphatic hydroxyl groups is 1. The van der Waals surface area contributed by atoms with Crippen LogP contribution in [-0.4, -0.2) is 35.4 Å². The van der Waals surface area contributed by atoms with Crippen LogP contribution in [0.15, 0.2) is 0 Å². The van der Waals surface area contributed by atoms with Crippen molar-refractivity contribution in [3.8, 4) is 0 Å². The fraction of sp³-hybridized carbons (Fsp3) is 0.917. The third-order valence-corrected chi connectivity index (χ3v) is 3.77. The molecule has 0 fully saturated rings. The maximum absolute atomic E-state index is 10.8. The number of hydrogen-bond acceptors (Lipinski definition) is 3. The summed E-state index contributed by atoms with van der Waals surface area (Å²) in [5, 5.41) is 21.5. The fourth-order valence-corrected chi connectivity index (χ4v) is 1.55. The summed E-state index contributed by atoms with van der Waals surface area (Å²) in [6.45, 7) is 8.46. The number of hydrogen-bond donors (Lipinski definition) is 3. The van der Waals surface area contributed by atoms with Crippen molar-refractivity contribution >= 4 is 5.97 Å². The molecule has 0 aromatic carbocycles. The van der Waals surface area contributed by atoms with Crippen molar-refractivity contribution in [1.29, 1.82) is 0 Å². The Labute approximate surface area is 98.1 Å². The number of rotatable bonds is 8. The number of carbonyl (C=O) groups is 1. The van der Waals surface area contributed by atoms with E-state index in [1.54, 1.807) is 6.92 Å². The highest BCUT2D eigenvalue weighted by Crippen LogP contribution is 2.24. The summed E-state index contributed by atoms with van der Waals surface area (Å²) >= 11 is 0. The van der Waals surface area contributed by atoms with Crippen LogP contribution >= 0.6 is 0 Å². The van der Waals surface area contributed by atoms with E-state index in [0.29, 0.717) is 6.54 Å². The molecule has 0 spiro atoms. The van der Waals surface area contributed by atoms with Gasteiger partial charge in [0.15, 0.2) is 0 Å². The van der Waals surface area contributed by atoms with E-state index in [1.807, 2.05) is 20.8 Å². The lowest BCUT2D eigenvalue weighted by molar-refractivity contribution is -0.142. The van der Waals surface area contributed by atoms with Gasteiger partial charge in [-0.25, -0.2) is 0 Å². The summed E-state index contributed by atoms with van der Waals surface area (Å²) in [6, 6.07) is -0.0819. The molecular formula is C12H25NO3. The van der Waals surface area contributed by atoms with Crippen LogP contribution < -0.4 is 5.32 Å². The quantitative estimate of drug-likeness (QED) is 0.592. The topological polar surface area (TPSA) is 69.6 Å².